The molecular formula is C14H23NO2. The van der Waals surface area contributed by atoms with Crippen molar-refractivity contribution >= 4 is 0 Å². The first-order chi connectivity index (χ1) is 8.22. The monoisotopic (exact) mass is 237 g/mol. The summed E-state index contributed by atoms with van der Waals surface area (Å²) in [6.07, 6.45) is 0.825. The molecular weight excluding hydrogens is 214 g/mol. The highest BCUT2D eigenvalue weighted by Crippen LogP contribution is 2.20. The van der Waals surface area contributed by atoms with E-state index < -0.39 is 0 Å². The van der Waals surface area contributed by atoms with Crippen LogP contribution in [0.3, 0.4) is 0 Å². The van der Waals surface area contributed by atoms with Crippen LogP contribution in [0, 0.1) is 6.92 Å². The average molecular weight is 237 g/mol. The highest BCUT2D eigenvalue weighted by molar-refractivity contribution is 5.25. The zero-order valence-electron chi connectivity index (χ0n) is 11.2. The molecule has 1 N–H and O–H groups in total. The van der Waals surface area contributed by atoms with Gasteiger partial charge in [0, 0.05) is 14.2 Å². The summed E-state index contributed by atoms with van der Waals surface area (Å²) < 4.78 is 10.7. The van der Waals surface area contributed by atoms with E-state index >= 15 is 0 Å². The predicted octanol–water partition coefficient (Wildman–Crippen LogP) is 2.65. The summed E-state index contributed by atoms with van der Waals surface area (Å²) >= 11 is 0. The van der Waals surface area contributed by atoms with Crippen molar-refractivity contribution in [2.24, 2.45) is 0 Å². The molecule has 0 aliphatic carbocycles. The minimum atomic E-state index is -0.261. The van der Waals surface area contributed by atoms with Crippen molar-refractivity contribution in [1.29, 1.82) is 0 Å². The maximum absolute atomic E-state index is 5.37. The number of ether oxygens (including phenoxy) is 2. The second kappa shape index (κ2) is 7.43. The first kappa shape index (κ1) is 14.2. The lowest BCUT2D eigenvalue weighted by Crippen LogP contribution is -2.35. The third kappa shape index (κ3) is 4.11. The number of rotatable bonds is 7. The molecule has 1 rings (SSSR count). The van der Waals surface area contributed by atoms with Gasteiger partial charge in [0.1, 0.15) is 0 Å². The molecule has 96 valence electrons. The van der Waals surface area contributed by atoms with Gasteiger partial charge in [0.25, 0.3) is 0 Å². The van der Waals surface area contributed by atoms with Crippen LogP contribution in [0.2, 0.25) is 0 Å². The van der Waals surface area contributed by atoms with Crippen LogP contribution in [-0.2, 0) is 9.47 Å². The van der Waals surface area contributed by atoms with Crippen LogP contribution in [0.1, 0.15) is 30.5 Å². The Morgan fingerprint density at radius 2 is 1.94 bits per heavy atom. The molecule has 1 aromatic rings. The Bertz CT molecular complexity index is 324. The summed E-state index contributed by atoms with van der Waals surface area (Å²) in [5, 5.41) is 3.46. The largest absolute Gasteiger partial charge is 0.354 e. The van der Waals surface area contributed by atoms with Crippen LogP contribution >= 0.6 is 0 Å². The van der Waals surface area contributed by atoms with Crippen LogP contribution in [0.25, 0.3) is 0 Å². The van der Waals surface area contributed by atoms with E-state index in [1.54, 1.807) is 14.2 Å². The van der Waals surface area contributed by atoms with E-state index in [-0.39, 0.29) is 12.3 Å². The van der Waals surface area contributed by atoms with Gasteiger partial charge in [-0.1, -0.05) is 36.8 Å². The number of aryl methyl sites for hydroxylation is 1. The normalized spacial score (nSPS) is 13.0. The zero-order chi connectivity index (χ0) is 12.7. The van der Waals surface area contributed by atoms with Crippen molar-refractivity contribution in [3.63, 3.8) is 0 Å². The van der Waals surface area contributed by atoms with Gasteiger partial charge in [0.05, 0.1) is 6.04 Å². The van der Waals surface area contributed by atoms with E-state index in [1.807, 2.05) is 0 Å². The van der Waals surface area contributed by atoms with E-state index in [4.69, 9.17) is 9.47 Å². The van der Waals surface area contributed by atoms with E-state index in [1.165, 1.54) is 11.1 Å². The lowest BCUT2D eigenvalue weighted by molar-refractivity contribution is -0.124. The standard InChI is InChI=1S/C14H23NO2/c1-5-9-15-13(14(16-3)17-4)12-8-6-7-11(2)10-12/h6-8,10,13-15H,5,9H2,1-4H3. The summed E-state index contributed by atoms with van der Waals surface area (Å²) in [6, 6.07) is 8.50. The fraction of sp³-hybridized carbons (Fsp3) is 0.571. The molecule has 1 atom stereocenters. The number of benzene rings is 1. The lowest BCUT2D eigenvalue weighted by atomic mass is 10.0. The average Bonchev–Trinajstić information content (AvgIpc) is 2.34. The molecule has 1 unspecified atom stereocenters. The van der Waals surface area contributed by atoms with E-state index in [0.29, 0.717) is 0 Å². The lowest BCUT2D eigenvalue weighted by Gasteiger charge is -2.26. The number of nitrogens with one attached hydrogen (secondary N) is 1. The minimum Gasteiger partial charge on any atom is -0.354 e. The molecule has 0 bridgehead atoms. The second-order valence-corrected chi connectivity index (χ2v) is 4.19. The SMILES string of the molecule is CCCNC(c1cccc(C)c1)C(OC)OC. The first-order valence-corrected chi connectivity index (χ1v) is 6.08. The van der Waals surface area contributed by atoms with Gasteiger partial charge in [0.15, 0.2) is 6.29 Å². The molecule has 0 saturated heterocycles. The Hall–Kier alpha value is -0.900. The molecule has 17 heavy (non-hydrogen) atoms. The molecule has 3 nitrogen and oxygen atoms in total. The van der Waals surface area contributed by atoms with Crippen LogP contribution in [0.15, 0.2) is 24.3 Å². The molecule has 0 amide bonds. The van der Waals surface area contributed by atoms with Crippen LogP contribution < -0.4 is 5.32 Å². The molecule has 0 aliphatic heterocycles. The highest BCUT2D eigenvalue weighted by atomic mass is 16.7. The van der Waals surface area contributed by atoms with Crippen molar-refractivity contribution in [1.82, 2.24) is 5.32 Å². The fourth-order valence-corrected chi connectivity index (χ4v) is 1.90. The Morgan fingerprint density at radius 1 is 1.24 bits per heavy atom. The predicted molar refractivity (Wildman–Crippen MR) is 70.0 cm³/mol. The van der Waals surface area contributed by atoms with Crippen LogP contribution in [0.5, 0.6) is 0 Å². The Kier molecular flexibility index (Phi) is 6.19. The molecule has 0 heterocycles. The minimum absolute atomic E-state index is 0.0739. The molecule has 3 heteroatoms. The van der Waals surface area contributed by atoms with Crippen molar-refractivity contribution in [2.75, 3.05) is 20.8 Å². The Morgan fingerprint density at radius 3 is 2.47 bits per heavy atom. The van der Waals surface area contributed by atoms with Gasteiger partial charge in [-0.05, 0) is 25.5 Å². The van der Waals surface area contributed by atoms with Crippen molar-refractivity contribution in [3.8, 4) is 0 Å². The topological polar surface area (TPSA) is 30.5 Å². The van der Waals surface area contributed by atoms with Crippen molar-refractivity contribution in [2.45, 2.75) is 32.6 Å². The van der Waals surface area contributed by atoms with Gasteiger partial charge in [0.2, 0.25) is 0 Å². The Labute approximate surface area is 104 Å². The van der Waals surface area contributed by atoms with Gasteiger partial charge < -0.3 is 14.8 Å². The second-order valence-electron chi connectivity index (χ2n) is 4.19. The Balaban J connectivity index is 2.88. The van der Waals surface area contributed by atoms with E-state index in [2.05, 4.69) is 43.4 Å². The molecule has 0 radical (unpaired) electrons. The van der Waals surface area contributed by atoms with Gasteiger partial charge in [-0.15, -0.1) is 0 Å². The summed E-state index contributed by atoms with van der Waals surface area (Å²) in [5.74, 6) is 0. The van der Waals surface area contributed by atoms with Crippen LogP contribution in [0.4, 0.5) is 0 Å². The van der Waals surface area contributed by atoms with Crippen molar-refractivity contribution in [3.05, 3.63) is 35.4 Å². The van der Waals surface area contributed by atoms with Gasteiger partial charge in [-0.25, -0.2) is 0 Å². The summed E-state index contributed by atoms with van der Waals surface area (Å²) in [7, 11) is 3.34. The maximum Gasteiger partial charge on any atom is 0.176 e. The van der Waals surface area contributed by atoms with Gasteiger partial charge in [-0.3, -0.25) is 0 Å². The molecule has 1 aromatic carbocycles. The molecule has 0 spiro atoms. The summed E-state index contributed by atoms with van der Waals surface area (Å²) in [5.41, 5.74) is 2.45. The van der Waals surface area contributed by atoms with Crippen LogP contribution in [-0.4, -0.2) is 27.1 Å². The van der Waals surface area contributed by atoms with Crippen molar-refractivity contribution < 1.29 is 9.47 Å². The number of hydrogen-bond acceptors (Lipinski definition) is 3. The highest BCUT2D eigenvalue weighted by Gasteiger charge is 2.21. The van der Waals surface area contributed by atoms with Gasteiger partial charge in [-0.2, -0.15) is 0 Å². The third-order valence-corrected chi connectivity index (χ3v) is 2.75. The van der Waals surface area contributed by atoms with E-state index in [0.717, 1.165) is 13.0 Å². The number of methoxy groups -OCH3 is 2. The third-order valence-electron chi connectivity index (χ3n) is 2.75. The smallest absolute Gasteiger partial charge is 0.176 e. The summed E-state index contributed by atoms with van der Waals surface area (Å²) in [4.78, 5) is 0. The number of hydrogen-bond donors (Lipinski definition) is 1. The first-order valence-electron chi connectivity index (χ1n) is 6.08. The zero-order valence-corrected chi connectivity index (χ0v) is 11.2. The van der Waals surface area contributed by atoms with Gasteiger partial charge >= 0.3 is 0 Å². The molecule has 0 fully saturated rings. The fourth-order valence-electron chi connectivity index (χ4n) is 1.90. The summed E-state index contributed by atoms with van der Waals surface area (Å²) in [6.45, 7) is 5.19. The quantitative estimate of drug-likeness (QED) is 0.740. The van der Waals surface area contributed by atoms with E-state index in [9.17, 15) is 0 Å². The maximum atomic E-state index is 5.37. The molecule has 0 saturated carbocycles. The molecule has 0 aliphatic rings. The molecule has 0 aromatic heterocycles.